The van der Waals surface area contributed by atoms with E-state index in [1.165, 1.54) is 6.20 Å². The van der Waals surface area contributed by atoms with E-state index in [-0.39, 0.29) is 6.42 Å². The van der Waals surface area contributed by atoms with E-state index in [2.05, 4.69) is 9.97 Å². The fraction of sp³-hybridized carbons (Fsp3) is 0.200. The van der Waals surface area contributed by atoms with Gasteiger partial charge in [0, 0.05) is 5.69 Å². The summed E-state index contributed by atoms with van der Waals surface area (Å²) in [6.07, 6.45) is 1.64. The molecule has 1 heterocycles. The molecule has 0 radical (unpaired) electrons. The number of hydrogen-bond donors (Lipinski definition) is 3. The van der Waals surface area contributed by atoms with Crippen molar-refractivity contribution in [2.75, 3.05) is 5.73 Å². The average molecular weight is 140 g/mol. The first-order chi connectivity index (χ1) is 4.68. The van der Waals surface area contributed by atoms with Gasteiger partial charge < -0.3 is 16.5 Å². The quantitative estimate of drug-likeness (QED) is 0.492. The van der Waals surface area contributed by atoms with Gasteiger partial charge in [0.05, 0.1) is 12.6 Å². The number of nitrogens with two attached hydrogens (primary N) is 2. The molecule has 0 unspecified atom stereocenters. The van der Waals surface area contributed by atoms with E-state index in [9.17, 15) is 4.79 Å². The number of nitrogen functional groups attached to an aromatic ring is 1. The summed E-state index contributed by atoms with van der Waals surface area (Å²) >= 11 is 0. The van der Waals surface area contributed by atoms with Crippen molar-refractivity contribution in [3.8, 4) is 0 Å². The van der Waals surface area contributed by atoms with Crippen LogP contribution in [-0.2, 0) is 11.2 Å². The lowest BCUT2D eigenvalue weighted by Crippen LogP contribution is -2.13. The fourth-order valence-electron chi connectivity index (χ4n) is 0.654. The van der Waals surface area contributed by atoms with Crippen molar-refractivity contribution in [3.63, 3.8) is 0 Å². The zero-order chi connectivity index (χ0) is 7.56. The molecule has 0 spiro atoms. The molecule has 0 saturated carbocycles. The predicted octanol–water partition coefficient (Wildman–Crippen LogP) is -0.980. The molecule has 5 N–H and O–H groups in total. The molecule has 54 valence electrons. The Hall–Kier alpha value is -1.52. The summed E-state index contributed by atoms with van der Waals surface area (Å²) in [6, 6.07) is 0. The van der Waals surface area contributed by atoms with Gasteiger partial charge in [0.1, 0.15) is 0 Å². The van der Waals surface area contributed by atoms with Crippen LogP contribution in [0.25, 0.3) is 0 Å². The number of nitrogens with one attached hydrogen (secondary N) is 1. The first-order valence-corrected chi connectivity index (χ1v) is 2.76. The topological polar surface area (TPSA) is 97.8 Å². The molecule has 1 amide bonds. The summed E-state index contributed by atoms with van der Waals surface area (Å²) in [5.74, 6) is -0.0973. The smallest absolute Gasteiger partial charge is 0.223 e. The molecule has 0 aromatic carbocycles. The Bertz CT molecular complexity index is 242. The number of carbonyl (C=O) groups excluding carboxylic acids is 1. The van der Waals surface area contributed by atoms with Gasteiger partial charge in [-0.05, 0) is 0 Å². The SMILES string of the molecule is NC(=O)Cc1cnc(N)[nH]1. The minimum Gasteiger partial charge on any atom is -0.369 e. The van der Waals surface area contributed by atoms with Crippen molar-refractivity contribution < 1.29 is 4.79 Å². The number of nitrogens with zero attached hydrogens (tertiary/aromatic N) is 1. The van der Waals surface area contributed by atoms with Crippen LogP contribution in [-0.4, -0.2) is 15.9 Å². The number of amides is 1. The molecule has 0 fully saturated rings. The van der Waals surface area contributed by atoms with Crippen molar-refractivity contribution in [2.45, 2.75) is 6.42 Å². The highest BCUT2D eigenvalue weighted by Crippen LogP contribution is 1.97. The third-order valence-corrected chi connectivity index (χ3v) is 1.01. The van der Waals surface area contributed by atoms with Crippen LogP contribution in [0.5, 0.6) is 0 Å². The van der Waals surface area contributed by atoms with E-state index in [1.807, 2.05) is 0 Å². The number of hydrogen-bond acceptors (Lipinski definition) is 3. The largest absolute Gasteiger partial charge is 0.369 e. The van der Waals surface area contributed by atoms with E-state index in [0.717, 1.165) is 0 Å². The number of imidazole rings is 1. The Morgan fingerprint density at radius 3 is 2.90 bits per heavy atom. The maximum Gasteiger partial charge on any atom is 0.223 e. The van der Waals surface area contributed by atoms with E-state index in [0.29, 0.717) is 11.6 Å². The Morgan fingerprint density at radius 2 is 2.50 bits per heavy atom. The highest BCUT2D eigenvalue weighted by Gasteiger charge is 1.99. The second-order valence-electron chi connectivity index (χ2n) is 1.94. The van der Waals surface area contributed by atoms with Crippen LogP contribution in [0.15, 0.2) is 6.20 Å². The Kier molecular flexibility index (Phi) is 1.57. The second kappa shape index (κ2) is 2.38. The van der Waals surface area contributed by atoms with Crippen LogP contribution in [0, 0.1) is 0 Å². The molecule has 1 rings (SSSR count). The zero-order valence-corrected chi connectivity index (χ0v) is 5.29. The van der Waals surface area contributed by atoms with Crippen LogP contribution in [0.4, 0.5) is 5.95 Å². The lowest BCUT2D eigenvalue weighted by Gasteiger charge is -1.87. The first-order valence-electron chi connectivity index (χ1n) is 2.76. The van der Waals surface area contributed by atoms with Gasteiger partial charge in [-0.15, -0.1) is 0 Å². The lowest BCUT2D eigenvalue weighted by atomic mass is 10.3. The third kappa shape index (κ3) is 1.48. The normalized spacial score (nSPS) is 9.60. The monoisotopic (exact) mass is 140 g/mol. The highest BCUT2D eigenvalue weighted by atomic mass is 16.1. The molecule has 1 aromatic heterocycles. The van der Waals surface area contributed by atoms with E-state index in [1.54, 1.807) is 0 Å². The average Bonchev–Trinajstić information content (AvgIpc) is 2.13. The molecule has 10 heavy (non-hydrogen) atoms. The molecular weight excluding hydrogens is 132 g/mol. The number of rotatable bonds is 2. The van der Waals surface area contributed by atoms with Crippen LogP contribution >= 0.6 is 0 Å². The second-order valence-corrected chi connectivity index (χ2v) is 1.94. The number of anilines is 1. The van der Waals surface area contributed by atoms with Gasteiger partial charge in [-0.1, -0.05) is 0 Å². The zero-order valence-electron chi connectivity index (χ0n) is 5.29. The van der Waals surface area contributed by atoms with Crippen molar-refractivity contribution in [1.29, 1.82) is 0 Å². The summed E-state index contributed by atoms with van der Waals surface area (Å²) in [5.41, 5.74) is 10.8. The number of primary amides is 1. The van der Waals surface area contributed by atoms with E-state index < -0.39 is 5.91 Å². The Morgan fingerprint density at radius 1 is 1.80 bits per heavy atom. The van der Waals surface area contributed by atoms with Crippen molar-refractivity contribution in [1.82, 2.24) is 9.97 Å². The standard InChI is InChI=1S/C5H8N4O/c6-4(10)1-3-2-8-5(7)9-3/h2H,1H2,(H2,6,10)(H3,7,8,9). The highest BCUT2D eigenvalue weighted by molar-refractivity contribution is 5.76. The number of aromatic amines is 1. The van der Waals surface area contributed by atoms with E-state index in [4.69, 9.17) is 11.5 Å². The molecule has 0 atom stereocenters. The van der Waals surface area contributed by atoms with Gasteiger partial charge in [-0.2, -0.15) is 0 Å². The molecular formula is C5H8N4O. The first kappa shape index (κ1) is 6.60. The number of H-pyrrole nitrogens is 1. The van der Waals surface area contributed by atoms with Crippen LogP contribution < -0.4 is 11.5 Å². The van der Waals surface area contributed by atoms with Crippen molar-refractivity contribution in [3.05, 3.63) is 11.9 Å². The summed E-state index contributed by atoms with van der Waals surface area (Å²) < 4.78 is 0. The summed E-state index contributed by atoms with van der Waals surface area (Å²) in [6.45, 7) is 0. The molecule has 0 bridgehead atoms. The summed E-state index contributed by atoms with van der Waals surface area (Å²) in [4.78, 5) is 16.7. The van der Waals surface area contributed by atoms with Gasteiger partial charge in [0.15, 0.2) is 5.95 Å². The maximum atomic E-state index is 10.3. The Labute approximate surface area is 57.4 Å². The molecule has 0 saturated heterocycles. The molecule has 0 aliphatic rings. The van der Waals surface area contributed by atoms with Crippen LogP contribution in [0.3, 0.4) is 0 Å². The molecule has 5 nitrogen and oxygen atoms in total. The molecule has 0 aliphatic carbocycles. The van der Waals surface area contributed by atoms with Crippen LogP contribution in [0.1, 0.15) is 5.69 Å². The summed E-state index contributed by atoms with van der Waals surface area (Å²) in [5, 5.41) is 0. The van der Waals surface area contributed by atoms with Gasteiger partial charge in [-0.25, -0.2) is 4.98 Å². The Balaban J connectivity index is 2.67. The van der Waals surface area contributed by atoms with Crippen molar-refractivity contribution >= 4 is 11.9 Å². The third-order valence-electron chi connectivity index (χ3n) is 1.01. The summed E-state index contributed by atoms with van der Waals surface area (Å²) in [7, 11) is 0. The minimum absolute atomic E-state index is 0.157. The van der Waals surface area contributed by atoms with Gasteiger partial charge >= 0.3 is 0 Å². The molecule has 0 aliphatic heterocycles. The maximum absolute atomic E-state index is 10.3. The molecule has 5 heteroatoms. The predicted molar refractivity (Wildman–Crippen MR) is 35.9 cm³/mol. The lowest BCUT2D eigenvalue weighted by molar-refractivity contribution is -0.117. The van der Waals surface area contributed by atoms with E-state index >= 15 is 0 Å². The fourth-order valence-corrected chi connectivity index (χ4v) is 0.654. The van der Waals surface area contributed by atoms with Gasteiger partial charge in [-0.3, -0.25) is 4.79 Å². The van der Waals surface area contributed by atoms with Gasteiger partial charge in [0.2, 0.25) is 5.91 Å². The number of aromatic nitrogens is 2. The van der Waals surface area contributed by atoms with Crippen molar-refractivity contribution in [2.24, 2.45) is 5.73 Å². The molecule has 1 aromatic rings. The number of carbonyl (C=O) groups is 1. The van der Waals surface area contributed by atoms with Crippen LogP contribution in [0.2, 0.25) is 0 Å². The van der Waals surface area contributed by atoms with Gasteiger partial charge in [0.25, 0.3) is 0 Å². The minimum atomic E-state index is -0.399.